The minimum Gasteiger partial charge on any atom is -0.388 e. The Morgan fingerprint density at radius 3 is 2.32 bits per heavy atom. The molecule has 2 saturated heterocycles. The van der Waals surface area contributed by atoms with Crippen LogP contribution >= 0.6 is 24.0 Å². The Kier molecular flexibility index (Phi) is 6.09. The Bertz CT molecular complexity index is 497. The molecule has 0 aromatic heterocycles. The number of nitrogens with zero attached hydrogens (tertiary/aromatic N) is 1. The molecule has 0 aliphatic carbocycles. The second kappa shape index (κ2) is 7.64. The smallest absolute Gasteiger partial charge is 0.228 e. The minimum absolute atomic E-state index is 0. The van der Waals surface area contributed by atoms with Crippen molar-refractivity contribution in [1.82, 2.24) is 10.2 Å². The summed E-state index contributed by atoms with van der Waals surface area (Å²) < 4.78 is 0. The lowest BCUT2D eigenvalue weighted by Gasteiger charge is -2.38. The number of likely N-dealkylation sites (tertiary alicyclic amines) is 1. The molecule has 1 aromatic rings. The first-order valence-electron chi connectivity index (χ1n) is 7.58. The molecule has 122 valence electrons. The third-order valence-corrected chi connectivity index (χ3v) is 4.89. The molecule has 2 aliphatic heterocycles. The fourth-order valence-electron chi connectivity index (χ4n) is 3.09. The average molecular weight is 345 g/mol. The first-order chi connectivity index (χ1) is 10.1. The van der Waals surface area contributed by atoms with Crippen molar-refractivity contribution in [3.8, 4) is 0 Å². The monoisotopic (exact) mass is 344 g/mol. The van der Waals surface area contributed by atoms with Gasteiger partial charge in [0.25, 0.3) is 0 Å². The van der Waals surface area contributed by atoms with Gasteiger partial charge in [-0.3, -0.25) is 4.79 Å². The highest BCUT2D eigenvalue weighted by molar-refractivity contribution is 6.30. The molecule has 6 heteroatoms. The maximum atomic E-state index is 12.2. The number of aliphatic hydroxyl groups is 1. The van der Waals surface area contributed by atoms with Crippen LogP contribution in [0.25, 0.3) is 0 Å². The van der Waals surface area contributed by atoms with Gasteiger partial charge in [-0.2, -0.15) is 0 Å². The predicted molar refractivity (Wildman–Crippen MR) is 89.3 cm³/mol. The van der Waals surface area contributed by atoms with Crippen LogP contribution in [-0.2, 0) is 4.79 Å². The Hall–Kier alpha value is -0.810. The zero-order chi connectivity index (χ0) is 14.8. The van der Waals surface area contributed by atoms with Crippen LogP contribution in [0.2, 0.25) is 5.02 Å². The molecule has 3 rings (SSSR count). The lowest BCUT2D eigenvalue weighted by Crippen LogP contribution is -2.53. The van der Waals surface area contributed by atoms with E-state index in [1.165, 1.54) is 0 Å². The van der Waals surface area contributed by atoms with Gasteiger partial charge in [0.1, 0.15) is 0 Å². The van der Waals surface area contributed by atoms with Crippen LogP contribution in [0.4, 0.5) is 0 Å². The van der Waals surface area contributed by atoms with Crippen molar-refractivity contribution in [2.75, 3.05) is 26.2 Å². The summed E-state index contributed by atoms with van der Waals surface area (Å²) in [5.74, 6) is 0.658. The van der Waals surface area contributed by atoms with Gasteiger partial charge in [-0.15, -0.1) is 12.4 Å². The molecule has 0 bridgehead atoms. The highest BCUT2D eigenvalue weighted by Crippen LogP contribution is 2.31. The van der Waals surface area contributed by atoms with Crippen LogP contribution in [0, 0.1) is 11.8 Å². The summed E-state index contributed by atoms with van der Waals surface area (Å²) >= 11 is 5.87. The summed E-state index contributed by atoms with van der Waals surface area (Å²) in [7, 11) is 0. The Balaban J connectivity index is 0.00000176. The van der Waals surface area contributed by atoms with Crippen molar-refractivity contribution in [2.45, 2.75) is 18.9 Å². The maximum Gasteiger partial charge on any atom is 0.228 e. The van der Waals surface area contributed by atoms with E-state index in [0.717, 1.165) is 44.6 Å². The molecule has 0 radical (unpaired) electrons. The number of hydrogen-bond donors (Lipinski definition) is 2. The molecule has 1 atom stereocenters. The van der Waals surface area contributed by atoms with E-state index in [1.807, 2.05) is 29.2 Å². The first kappa shape index (κ1) is 17.5. The van der Waals surface area contributed by atoms with Gasteiger partial charge in [-0.05, 0) is 36.5 Å². The maximum absolute atomic E-state index is 12.2. The Morgan fingerprint density at radius 2 is 1.82 bits per heavy atom. The predicted octanol–water partition coefficient (Wildman–Crippen LogP) is 2.25. The van der Waals surface area contributed by atoms with E-state index in [0.29, 0.717) is 5.02 Å². The first-order valence-corrected chi connectivity index (χ1v) is 7.96. The summed E-state index contributed by atoms with van der Waals surface area (Å²) in [6, 6.07) is 7.37. The van der Waals surface area contributed by atoms with E-state index in [1.54, 1.807) is 0 Å². The van der Waals surface area contributed by atoms with Gasteiger partial charge in [-0.1, -0.05) is 23.7 Å². The summed E-state index contributed by atoms with van der Waals surface area (Å²) in [4.78, 5) is 14.1. The highest BCUT2D eigenvalue weighted by atomic mass is 35.5. The minimum atomic E-state index is -0.468. The summed E-state index contributed by atoms with van der Waals surface area (Å²) in [6.45, 7) is 3.13. The van der Waals surface area contributed by atoms with Crippen LogP contribution in [0.3, 0.4) is 0 Å². The van der Waals surface area contributed by atoms with Crippen molar-refractivity contribution >= 4 is 29.9 Å². The number of benzene rings is 1. The van der Waals surface area contributed by atoms with Gasteiger partial charge >= 0.3 is 0 Å². The fourth-order valence-corrected chi connectivity index (χ4v) is 3.22. The van der Waals surface area contributed by atoms with Gasteiger partial charge in [0.15, 0.2) is 0 Å². The molecule has 1 amide bonds. The van der Waals surface area contributed by atoms with E-state index < -0.39 is 6.10 Å². The molecule has 2 heterocycles. The molecule has 2 N–H and O–H groups in total. The quantitative estimate of drug-likeness (QED) is 0.884. The van der Waals surface area contributed by atoms with Gasteiger partial charge in [0.2, 0.25) is 5.91 Å². The Labute approximate surface area is 142 Å². The number of amides is 1. The van der Waals surface area contributed by atoms with E-state index in [2.05, 4.69) is 5.32 Å². The number of halogens is 2. The standard InChI is InChI=1S/C16H21ClN2O2.ClH/c17-14-3-1-11(2-4-14)15(20)12-5-7-19(8-6-12)16(21)13-9-18-10-13;/h1-4,12-13,15,18,20H,5-10H2;1H. The van der Waals surface area contributed by atoms with Crippen molar-refractivity contribution in [2.24, 2.45) is 11.8 Å². The number of aliphatic hydroxyl groups excluding tert-OH is 1. The highest BCUT2D eigenvalue weighted by Gasteiger charge is 2.33. The third kappa shape index (κ3) is 3.74. The SMILES string of the molecule is Cl.O=C(C1CNC1)N1CCC(C(O)c2ccc(Cl)cc2)CC1. The molecule has 0 saturated carbocycles. The molecule has 2 fully saturated rings. The van der Waals surface area contributed by atoms with Crippen molar-refractivity contribution < 1.29 is 9.90 Å². The number of piperidine rings is 1. The third-order valence-electron chi connectivity index (χ3n) is 4.64. The van der Waals surface area contributed by atoms with E-state index in [9.17, 15) is 9.90 Å². The van der Waals surface area contributed by atoms with E-state index in [-0.39, 0.29) is 30.2 Å². The van der Waals surface area contributed by atoms with Gasteiger partial charge in [-0.25, -0.2) is 0 Å². The Morgan fingerprint density at radius 1 is 1.23 bits per heavy atom. The fraction of sp³-hybridized carbons (Fsp3) is 0.562. The summed E-state index contributed by atoms with van der Waals surface area (Å²) in [5, 5.41) is 14.3. The largest absolute Gasteiger partial charge is 0.388 e. The van der Waals surface area contributed by atoms with Crippen LogP contribution in [0.15, 0.2) is 24.3 Å². The zero-order valence-corrected chi connectivity index (χ0v) is 13.9. The van der Waals surface area contributed by atoms with Crippen LogP contribution in [0.5, 0.6) is 0 Å². The molecular weight excluding hydrogens is 323 g/mol. The number of nitrogens with one attached hydrogen (secondary N) is 1. The van der Waals surface area contributed by atoms with E-state index in [4.69, 9.17) is 11.6 Å². The molecular formula is C16H22Cl2N2O2. The van der Waals surface area contributed by atoms with E-state index >= 15 is 0 Å². The van der Waals surface area contributed by atoms with Crippen LogP contribution in [-0.4, -0.2) is 42.1 Å². The topological polar surface area (TPSA) is 52.6 Å². The second-order valence-electron chi connectivity index (χ2n) is 6.01. The molecule has 22 heavy (non-hydrogen) atoms. The summed E-state index contributed by atoms with van der Waals surface area (Å²) in [5.41, 5.74) is 0.910. The number of hydrogen-bond acceptors (Lipinski definition) is 3. The molecule has 2 aliphatic rings. The number of carbonyl (C=O) groups excluding carboxylic acids is 1. The molecule has 1 aromatic carbocycles. The average Bonchev–Trinajstić information content (AvgIpc) is 2.46. The normalized spacial score (nSPS) is 20.9. The number of rotatable bonds is 3. The lowest BCUT2D eigenvalue weighted by molar-refractivity contribution is -0.139. The molecule has 0 spiro atoms. The second-order valence-corrected chi connectivity index (χ2v) is 6.45. The van der Waals surface area contributed by atoms with Crippen LogP contribution < -0.4 is 5.32 Å². The van der Waals surface area contributed by atoms with Crippen molar-refractivity contribution in [3.05, 3.63) is 34.9 Å². The van der Waals surface area contributed by atoms with Gasteiger partial charge in [0, 0.05) is 31.2 Å². The molecule has 1 unspecified atom stereocenters. The molecule has 4 nitrogen and oxygen atoms in total. The van der Waals surface area contributed by atoms with Crippen LogP contribution in [0.1, 0.15) is 24.5 Å². The van der Waals surface area contributed by atoms with Crippen molar-refractivity contribution in [3.63, 3.8) is 0 Å². The number of carbonyl (C=O) groups is 1. The van der Waals surface area contributed by atoms with Gasteiger partial charge < -0.3 is 15.3 Å². The lowest BCUT2D eigenvalue weighted by atomic mass is 9.87. The van der Waals surface area contributed by atoms with Gasteiger partial charge in [0.05, 0.1) is 12.0 Å². The summed E-state index contributed by atoms with van der Waals surface area (Å²) in [6.07, 6.45) is 1.25. The zero-order valence-electron chi connectivity index (χ0n) is 12.4. The van der Waals surface area contributed by atoms with Crippen molar-refractivity contribution in [1.29, 1.82) is 0 Å².